The number of rotatable bonds is 5. The first-order chi connectivity index (χ1) is 13.6. The zero-order valence-corrected chi connectivity index (χ0v) is 15.5. The Balaban J connectivity index is 1.73. The van der Waals surface area contributed by atoms with Crippen LogP contribution in [0.4, 0.5) is 0 Å². The van der Waals surface area contributed by atoms with Crippen LogP contribution in [0.5, 0.6) is 0 Å². The average Bonchev–Trinajstić information content (AvgIpc) is 3.16. The van der Waals surface area contributed by atoms with Gasteiger partial charge in [-0.1, -0.05) is 72.3 Å². The number of para-hydroxylation sites is 1. The zero-order valence-electron chi connectivity index (χ0n) is 14.8. The van der Waals surface area contributed by atoms with Crippen LogP contribution in [-0.2, 0) is 4.74 Å². The molecule has 3 aromatic carbocycles. The number of carbonyl (C=O) groups excluding carboxylic acids is 2. The number of carbonyl (C=O) groups is 2. The Labute approximate surface area is 166 Å². The molecule has 0 fully saturated rings. The van der Waals surface area contributed by atoms with Crippen molar-refractivity contribution in [1.82, 2.24) is 4.98 Å². The van der Waals surface area contributed by atoms with E-state index in [1.807, 2.05) is 30.3 Å². The molecule has 1 unspecified atom stereocenters. The van der Waals surface area contributed by atoms with Gasteiger partial charge in [-0.15, -0.1) is 0 Å². The molecule has 0 spiro atoms. The number of halogens is 1. The van der Waals surface area contributed by atoms with Crippen molar-refractivity contribution < 1.29 is 14.3 Å². The number of fused-ring (bicyclic) bond motifs is 1. The zero-order chi connectivity index (χ0) is 19.5. The molecule has 138 valence electrons. The summed E-state index contributed by atoms with van der Waals surface area (Å²) in [5, 5.41) is 1.06. The second-order valence-corrected chi connectivity index (χ2v) is 6.70. The van der Waals surface area contributed by atoms with Gasteiger partial charge in [-0.05, 0) is 18.2 Å². The Bertz CT molecular complexity index is 1150. The molecule has 0 aliphatic carbocycles. The van der Waals surface area contributed by atoms with E-state index >= 15 is 0 Å². The number of benzene rings is 3. The van der Waals surface area contributed by atoms with Crippen molar-refractivity contribution in [3.05, 3.63) is 107 Å². The molecule has 28 heavy (non-hydrogen) atoms. The minimum atomic E-state index is -1.08. The van der Waals surface area contributed by atoms with Crippen molar-refractivity contribution in [2.45, 2.75) is 6.10 Å². The summed E-state index contributed by atoms with van der Waals surface area (Å²) < 4.78 is 5.65. The van der Waals surface area contributed by atoms with Gasteiger partial charge in [-0.3, -0.25) is 4.79 Å². The number of aromatic nitrogens is 1. The molecule has 4 nitrogen and oxygen atoms in total. The van der Waals surface area contributed by atoms with Crippen molar-refractivity contribution in [3.8, 4) is 0 Å². The van der Waals surface area contributed by atoms with Crippen LogP contribution in [0.2, 0.25) is 5.02 Å². The molecule has 1 atom stereocenters. The van der Waals surface area contributed by atoms with E-state index in [0.717, 1.165) is 10.9 Å². The van der Waals surface area contributed by atoms with E-state index in [2.05, 4.69) is 4.98 Å². The molecular weight excluding hydrogens is 374 g/mol. The molecule has 0 saturated carbocycles. The van der Waals surface area contributed by atoms with Crippen LogP contribution >= 0.6 is 11.6 Å². The summed E-state index contributed by atoms with van der Waals surface area (Å²) >= 11 is 6.12. The molecular formula is C23H16ClNO3. The third-order valence-corrected chi connectivity index (χ3v) is 4.84. The quantitative estimate of drug-likeness (QED) is 0.357. The average molecular weight is 390 g/mol. The van der Waals surface area contributed by atoms with Crippen LogP contribution in [0.1, 0.15) is 32.4 Å². The molecule has 5 heteroatoms. The number of esters is 1. The van der Waals surface area contributed by atoms with E-state index in [4.69, 9.17) is 16.3 Å². The highest BCUT2D eigenvalue weighted by molar-refractivity contribution is 6.33. The molecule has 4 aromatic rings. The van der Waals surface area contributed by atoms with Gasteiger partial charge in [0.25, 0.3) is 0 Å². The van der Waals surface area contributed by atoms with Gasteiger partial charge in [0.1, 0.15) is 0 Å². The number of nitrogens with one attached hydrogen (secondary N) is 1. The lowest BCUT2D eigenvalue weighted by atomic mass is 9.99. The fourth-order valence-electron chi connectivity index (χ4n) is 3.11. The maximum absolute atomic E-state index is 13.3. The number of hydrogen-bond donors (Lipinski definition) is 1. The van der Waals surface area contributed by atoms with E-state index in [1.54, 1.807) is 54.7 Å². The molecule has 0 bridgehead atoms. The van der Waals surface area contributed by atoms with Crippen LogP contribution < -0.4 is 0 Å². The lowest BCUT2D eigenvalue weighted by Gasteiger charge is -2.17. The molecule has 4 rings (SSSR count). The summed E-state index contributed by atoms with van der Waals surface area (Å²) in [6, 6.07) is 23.1. The second-order valence-electron chi connectivity index (χ2n) is 6.29. The Hall–Kier alpha value is -3.37. The number of ether oxygens (including phenoxy) is 1. The van der Waals surface area contributed by atoms with Gasteiger partial charge in [0.05, 0.1) is 10.6 Å². The largest absolute Gasteiger partial charge is 0.445 e. The van der Waals surface area contributed by atoms with Gasteiger partial charge < -0.3 is 9.72 Å². The number of aromatic amines is 1. The summed E-state index contributed by atoms with van der Waals surface area (Å²) in [6.07, 6.45) is 0.566. The number of H-pyrrole nitrogens is 1. The molecule has 0 amide bonds. The van der Waals surface area contributed by atoms with Gasteiger partial charge in [0.2, 0.25) is 5.78 Å². The van der Waals surface area contributed by atoms with Crippen molar-refractivity contribution in [2.75, 3.05) is 0 Å². The van der Waals surface area contributed by atoms with Crippen LogP contribution in [0.15, 0.2) is 85.1 Å². The number of Topliss-reactive ketones (excluding diaryl/α,β-unsaturated/α-hetero) is 1. The Morgan fingerprint density at radius 3 is 2.29 bits per heavy atom. The van der Waals surface area contributed by atoms with Crippen LogP contribution in [-0.4, -0.2) is 16.7 Å². The maximum Gasteiger partial charge on any atom is 0.340 e. The van der Waals surface area contributed by atoms with Gasteiger partial charge in [-0.2, -0.15) is 0 Å². The maximum atomic E-state index is 13.3. The second kappa shape index (κ2) is 7.71. The predicted molar refractivity (Wildman–Crippen MR) is 109 cm³/mol. The van der Waals surface area contributed by atoms with Gasteiger partial charge in [-0.25, -0.2) is 4.79 Å². The monoisotopic (exact) mass is 389 g/mol. The first-order valence-electron chi connectivity index (χ1n) is 8.76. The van der Waals surface area contributed by atoms with E-state index in [0.29, 0.717) is 11.1 Å². The first kappa shape index (κ1) is 18.0. The van der Waals surface area contributed by atoms with Crippen molar-refractivity contribution in [1.29, 1.82) is 0 Å². The van der Waals surface area contributed by atoms with Crippen molar-refractivity contribution in [3.63, 3.8) is 0 Å². The molecule has 0 aliphatic rings. The van der Waals surface area contributed by atoms with E-state index in [1.165, 1.54) is 0 Å². The molecule has 1 N–H and O–H groups in total. The summed E-state index contributed by atoms with van der Waals surface area (Å²) in [6.45, 7) is 0. The topological polar surface area (TPSA) is 59.2 Å². The molecule has 0 saturated heterocycles. The smallest absolute Gasteiger partial charge is 0.340 e. The van der Waals surface area contributed by atoms with Crippen LogP contribution in [0.25, 0.3) is 10.9 Å². The summed E-state index contributed by atoms with van der Waals surface area (Å²) in [5.74, 6) is -0.948. The fourth-order valence-corrected chi connectivity index (χ4v) is 3.33. The van der Waals surface area contributed by atoms with Crippen LogP contribution in [0.3, 0.4) is 0 Å². The minimum Gasteiger partial charge on any atom is -0.445 e. The molecule has 0 aliphatic heterocycles. The number of hydrogen-bond acceptors (Lipinski definition) is 3. The van der Waals surface area contributed by atoms with Crippen molar-refractivity contribution in [2.24, 2.45) is 0 Å². The Morgan fingerprint density at radius 1 is 0.821 bits per heavy atom. The normalized spacial score (nSPS) is 11.9. The highest BCUT2D eigenvalue weighted by Gasteiger charge is 2.29. The highest BCUT2D eigenvalue weighted by atomic mass is 35.5. The standard InChI is InChI=1S/C23H16ClNO3/c24-19-12-6-4-11-17(19)23(27)28-22(15-8-2-1-3-9-15)21(26)18-14-25-20-13-7-5-10-16(18)20/h1-14,22,25H. The predicted octanol–water partition coefficient (Wildman–Crippen LogP) is 5.60. The molecule has 0 radical (unpaired) electrons. The molecule has 1 aromatic heterocycles. The Kier molecular flexibility index (Phi) is 4.96. The fraction of sp³-hybridized carbons (Fsp3) is 0.0435. The third-order valence-electron chi connectivity index (χ3n) is 4.51. The lowest BCUT2D eigenvalue weighted by molar-refractivity contribution is 0.0281. The third kappa shape index (κ3) is 3.42. The molecule has 1 heterocycles. The number of ketones is 1. The summed E-state index contributed by atoms with van der Waals surface area (Å²) in [5.41, 5.74) is 2.13. The first-order valence-corrected chi connectivity index (χ1v) is 9.14. The SMILES string of the molecule is O=C(OC(C(=O)c1c[nH]c2ccccc12)c1ccccc1)c1ccccc1Cl. The van der Waals surface area contributed by atoms with Gasteiger partial charge in [0.15, 0.2) is 6.10 Å². The Morgan fingerprint density at radius 2 is 1.50 bits per heavy atom. The van der Waals surface area contributed by atoms with Gasteiger partial charge in [0, 0.05) is 28.2 Å². The summed E-state index contributed by atoms with van der Waals surface area (Å²) in [7, 11) is 0. The van der Waals surface area contributed by atoms with E-state index in [9.17, 15) is 9.59 Å². The lowest BCUT2D eigenvalue weighted by Crippen LogP contribution is -2.20. The van der Waals surface area contributed by atoms with Crippen LogP contribution in [0, 0.1) is 0 Å². The van der Waals surface area contributed by atoms with E-state index in [-0.39, 0.29) is 16.4 Å². The summed E-state index contributed by atoms with van der Waals surface area (Å²) in [4.78, 5) is 29.1. The van der Waals surface area contributed by atoms with Gasteiger partial charge >= 0.3 is 5.97 Å². The van der Waals surface area contributed by atoms with E-state index < -0.39 is 12.1 Å². The highest BCUT2D eigenvalue weighted by Crippen LogP contribution is 2.29. The minimum absolute atomic E-state index is 0.219. The van der Waals surface area contributed by atoms with Crippen molar-refractivity contribution >= 4 is 34.3 Å².